The molecule has 90 valence electrons. The second-order valence-corrected chi connectivity index (χ2v) is 4.54. The van der Waals surface area contributed by atoms with Crippen LogP contribution in [0.4, 0.5) is 0 Å². The summed E-state index contributed by atoms with van der Waals surface area (Å²) in [5, 5.41) is 8.78. The summed E-state index contributed by atoms with van der Waals surface area (Å²) < 4.78 is 5.12. The molecular formula is C15H12INO. The van der Waals surface area contributed by atoms with Crippen molar-refractivity contribution in [2.24, 2.45) is 0 Å². The van der Waals surface area contributed by atoms with Gasteiger partial charge >= 0.3 is 0 Å². The van der Waals surface area contributed by atoms with Crippen LogP contribution in [0.3, 0.4) is 0 Å². The number of benzene rings is 2. The van der Waals surface area contributed by atoms with Crippen LogP contribution in [0, 0.1) is 11.3 Å². The van der Waals surface area contributed by atoms with Gasteiger partial charge in [0.05, 0.1) is 11.6 Å². The SMILES string of the molecule is CC(c1ccc(C#N)cc1)c1ccc(OI)cc1. The van der Waals surface area contributed by atoms with Gasteiger partial charge in [0.1, 0.15) is 5.75 Å². The van der Waals surface area contributed by atoms with Crippen molar-refractivity contribution in [3.05, 3.63) is 65.2 Å². The van der Waals surface area contributed by atoms with Crippen LogP contribution in [0.25, 0.3) is 0 Å². The van der Waals surface area contributed by atoms with E-state index in [1.54, 1.807) is 0 Å². The van der Waals surface area contributed by atoms with Crippen LogP contribution in [0.5, 0.6) is 5.75 Å². The van der Waals surface area contributed by atoms with Gasteiger partial charge < -0.3 is 3.07 Å². The molecule has 2 aromatic rings. The first kappa shape index (κ1) is 12.9. The molecule has 0 aliphatic carbocycles. The molecule has 0 aliphatic heterocycles. The van der Waals surface area contributed by atoms with Gasteiger partial charge in [-0.25, -0.2) is 0 Å². The third kappa shape index (κ3) is 2.82. The van der Waals surface area contributed by atoms with E-state index in [1.807, 2.05) is 59.4 Å². The third-order valence-electron chi connectivity index (χ3n) is 3.01. The molecule has 2 rings (SSSR count). The van der Waals surface area contributed by atoms with E-state index in [0.717, 1.165) is 5.75 Å². The summed E-state index contributed by atoms with van der Waals surface area (Å²) in [6.07, 6.45) is 0. The first-order valence-corrected chi connectivity index (χ1v) is 6.51. The highest BCUT2D eigenvalue weighted by molar-refractivity contribution is 14.1. The van der Waals surface area contributed by atoms with Crippen LogP contribution in [0.2, 0.25) is 0 Å². The monoisotopic (exact) mass is 349 g/mol. The number of halogens is 1. The van der Waals surface area contributed by atoms with E-state index in [1.165, 1.54) is 11.1 Å². The van der Waals surface area contributed by atoms with Crippen molar-refractivity contribution in [2.75, 3.05) is 0 Å². The lowest BCUT2D eigenvalue weighted by Crippen LogP contribution is -1.95. The van der Waals surface area contributed by atoms with Crippen LogP contribution in [-0.4, -0.2) is 0 Å². The maximum atomic E-state index is 8.78. The van der Waals surface area contributed by atoms with Crippen LogP contribution in [0.1, 0.15) is 29.5 Å². The molecule has 1 unspecified atom stereocenters. The quantitative estimate of drug-likeness (QED) is 0.768. The van der Waals surface area contributed by atoms with Crippen LogP contribution in [-0.2, 0) is 0 Å². The van der Waals surface area contributed by atoms with E-state index in [4.69, 9.17) is 8.33 Å². The first-order chi connectivity index (χ1) is 8.74. The smallest absolute Gasteiger partial charge is 0.192 e. The molecule has 0 aliphatic rings. The lowest BCUT2D eigenvalue weighted by atomic mass is 9.92. The molecule has 2 aromatic carbocycles. The van der Waals surface area contributed by atoms with Gasteiger partial charge in [0.2, 0.25) is 0 Å². The lowest BCUT2D eigenvalue weighted by Gasteiger charge is -2.12. The normalized spacial score (nSPS) is 11.6. The van der Waals surface area contributed by atoms with Crippen molar-refractivity contribution in [3.8, 4) is 11.8 Å². The van der Waals surface area contributed by atoms with Crippen molar-refractivity contribution in [1.82, 2.24) is 0 Å². The lowest BCUT2D eigenvalue weighted by molar-refractivity contribution is 0.715. The fraction of sp³-hybridized carbons (Fsp3) is 0.133. The molecule has 0 saturated carbocycles. The average molecular weight is 349 g/mol. The van der Waals surface area contributed by atoms with Gasteiger partial charge in [0.25, 0.3) is 0 Å². The number of nitrogens with zero attached hydrogens (tertiary/aromatic N) is 1. The minimum Gasteiger partial charge on any atom is -0.428 e. The molecule has 0 radical (unpaired) electrons. The number of hydrogen-bond acceptors (Lipinski definition) is 2. The maximum absolute atomic E-state index is 8.78. The number of nitriles is 1. The highest BCUT2D eigenvalue weighted by Gasteiger charge is 2.08. The predicted molar refractivity (Wildman–Crippen MR) is 79.8 cm³/mol. The summed E-state index contributed by atoms with van der Waals surface area (Å²) in [4.78, 5) is 0. The second kappa shape index (κ2) is 5.87. The Morgan fingerprint density at radius 1 is 1.00 bits per heavy atom. The Balaban J connectivity index is 2.23. The zero-order valence-corrected chi connectivity index (χ0v) is 12.1. The molecule has 0 aromatic heterocycles. The molecule has 0 fully saturated rings. The zero-order chi connectivity index (χ0) is 13.0. The van der Waals surface area contributed by atoms with E-state index in [9.17, 15) is 0 Å². The molecule has 0 spiro atoms. The Labute approximate surface area is 121 Å². The minimum absolute atomic E-state index is 0.306. The molecule has 3 heteroatoms. The van der Waals surface area contributed by atoms with Crippen molar-refractivity contribution < 1.29 is 3.07 Å². The molecule has 1 atom stereocenters. The minimum atomic E-state index is 0.306. The average Bonchev–Trinajstić information content (AvgIpc) is 2.47. The van der Waals surface area contributed by atoms with E-state index >= 15 is 0 Å². The molecule has 0 bridgehead atoms. The Kier molecular flexibility index (Phi) is 4.21. The van der Waals surface area contributed by atoms with Crippen molar-refractivity contribution in [1.29, 1.82) is 5.26 Å². The molecule has 0 heterocycles. The van der Waals surface area contributed by atoms with E-state index in [-0.39, 0.29) is 0 Å². The van der Waals surface area contributed by atoms with Crippen molar-refractivity contribution in [3.63, 3.8) is 0 Å². The van der Waals surface area contributed by atoms with Gasteiger partial charge in [-0.3, -0.25) is 0 Å². The molecule has 2 nitrogen and oxygen atoms in total. The van der Waals surface area contributed by atoms with Gasteiger partial charge in [-0.15, -0.1) is 0 Å². The Hall–Kier alpha value is -1.54. The van der Waals surface area contributed by atoms with Gasteiger partial charge in [-0.05, 0) is 35.4 Å². The molecule has 0 amide bonds. The number of hydrogen-bond donors (Lipinski definition) is 0. The third-order valence-corrected chi connectivity index (χ3v) is 3.52. The predicted octanol–water partition coefficient (Wildman–Crippen LogP) is 4.44. The molecular weight excluding hydrogens is 337 g/mol. The summed E-state index contributed by atoms with van der Waals surface area (Å²) in [5.74, 6) is 1.16. The molecule has 0 saturated heterocycles. The fourth-order valence-corrected chi connectivity index (χ4v) is 2.14. The number of rotatable bonds is 3. The molecule has 18 heavy (non-hydrogen) atoms. The van der Waals surface area contributed by atoms with Crippen LogP contribution < -0.4 is 3.07 Å². The second-order valence-electron chi connectivity index (χ2n) is 4.10. The summed E-state index contributed by atoms with van der Waals surface area (Å²) in [5.41, 5.74) is 3.13. The van der Waals surface area contributed by atoms with Crippen LogP contribution in [0.15, 0.2) is 48.5 Å². The highest BCUT2D eigenvalue weighted by Crippen LogP contribution is 2.26. The Morgan fingerprint density at radius 2 is 1.50 bits per heavy atom. The van der Waals surface area contributed by atoms with Gasteiger partial charge in [0.15, 0.2) is 23.0 Å². The standard InChI is InChI=1S/C15H12INO/c1-11(13-4-2-12(10-17)3-5-13)14-6-8-15(18-16)9-7-14/h2-9,11H,1H3. The highest BCUT2D eigenvalue weighted by atomic mass is 127. The zero-order valence-electron chi connectivity index (χ0n) is 9.93. The van der Waals surface area contributed by atoms with Crippen LogP contribution >= 0.6 is 23.0 Å². The summed E-state index contributed by atoms with van der Waals surface area (Å²) in [6, 6.07) is 17.9. The van der Waals surface area contributed by atoms with Gasteiger partial charge in [-0.1, -0.05) is 31.2 Å². The Morgan fingerprint density at radius 3 is 1.94 bits per heavy atom. The van der Waals surface area contributed by atoms with Crippen molar-refractivity contribution >= 4 is 23.0 Å². The summed E-state index contributed by atoms with van der Waals surface area (Å²) in [7, 11) is 0. The summed E-state index contributed by atoms with van der Waals surface area (Å²) in [6.45, 7) is 2.15. The van der Waals surface area contributed by atoms with Gasteiger partial charge in [0, 0.05) is 5.92 Å². The fourth-order valence-electron chi connectivity index (χ4n) is 1.85. The summed E-state index contributed by atoms with van der Waals surface area (Å²) >= 11 is 1.87. The van der Waals surface area contributed by atoms with E-state index in [2.05, 4.69) is 25.1 Å². The van der Waals surface area contributed by atoms with E-state index in [0.29, 0.717) is 11.5 Å². The molecule has 0 N–H and O–H groups in total. The van der Waals surface area contributed by atoms with E-state index < -0.39 is 0 Å². The topological polar surface area (TPSA) is 33.0 Å². The first-order valence-electron chi connectivity index (χ1n) is 5.63. The van der Waals surface area contributed by atoms with Gasteiger partial charge in [-0.2, -0.15) is 5.26 Å². The van der Waals surface area contributed by atoms with Crippen molar-refractivity contribution in [2.45, 2.75) is 12.8 Å². The largest absolute Gasteiger partial charge is 0.428 e. The Bertz CT molecular complexity index is 555. The maximum Gasteiger partial charge on any atom is 0.192 e.